The Morgan fingerprint density at radius 3 is 2.46 bits per heavy atom. The van der Waals surface area contributed by atoms with Gasteiger partial charge in [-0.05, 0) is 38.0 Å². The van der Waals surface area contributed by atoms with Gasteiger partial charge in [0.25, 0.3) is 5.79 Å². The molecule has 16 atom stereocenters. The number of esters is 3. The van der Waals surface area contributed by atoms with Crippen molar-refractivity contribution in [2.45, 2.75) is 99.9 Å². The van der Waals surface area contributed by atoms with E-state index in [-0.39, 0.29) is 25.2 Å². The Morgan fingerprint density at radius 1 is 1.02 bits per heavy atom. The van der Waals surface area contributed by atoms with Crippen LogP contribution in [0.5, 0.6) is 0 Å². The van der Waals surface area contributed by atoms with E-state index >= 15 is 0 Å². The summed E-state index contributed by atoms with van der Waals surface area (Å²) in [7, 11) is 1.12. The van der Waals surface area contributed by atoms with Gasteiger partial charge in [-0.3, -0.25) is 0 Å². The molecule has 3 saturated carbocycles. The van der Waals surface area contributed by atoms with Gasteiger partial charge < -0.3 is 53.2 Å². The van der Waals surface area contributed by atoms with Crippen LogP contribution in [-0.4, -0.2) is 113 Å². The van der Waals surface area contributed by atoms with Crippen LogP contribution in [-0.2, 0) is 52.3 Å². The minimum absolute atomic E-state index is 0.0114. The standard InChI is InChI=1S/C40H46O14/c1-20(2)30(43)52-23-17-24(51-26(41)13-12-21-10-8-7-9-11-21)37-19-50-39(46,32(44)47-6)31(37)35(4,29(42)27-28(37)34(23,3)18-49-27)40-25-16-22(36(40,5)54-40)38(45)14-15-48-33(38)53-25/h7-15,22-25,27-29,31,33,42,45-46H,1,16-19H2,2-6H3/b13-12+/t22-,23-,24+,25?,27-,28+,29-,31+,33+,34-,35-,36+,37?,38-,39+,40+/m1/s1. The molecule has 5 aliphatic heterocycles. The van der Waals surface area contributed by atoms with E-state index in [1.807, 2.05) is 44.2 Å². The van der Waals surface area contributed by atoms with Gasteiger partial charge in [-0.1, -0.05) is 50.8 Å². The average molecular weight is 751 g/mol. The molecule has 1 aromatic rings. The molecule has 0 amide bonds. The number of epoxide rings is 1. The number of aliphatic hydroxyl groups excluding tert-OH is 1. The third-order valence-electron chi connectivity index (χ3n) is 14.7. The fraction of sp³-hybridized carbons (Fsp3) is 0.625. The van der Waals surface area contributed by atoms with E-state index in [4.69, 9.17) is 37.9 Å². The fourth-order valence-electron chi connectivity index (χ4n) is 12.6. The Bertz CT molecular complexity index is 1880. The summed E-state index contributed by atoms with van der Waals surface area (Å²) in [6, 6.07) is 9.16. The number of carbonyl (C=O) groups is 3. The van der Waals surface area contributed by atoms with Gasteiger partial charge in [-0.15, -0.1) is 0 Å². The first-order chi connectivity index (χ1) is 25.5. The second kappa shape index (κ2) is 11.2. The highest BCUT2D eigenvalue weighted by atomic mass is 16.7. The number of hydrogen-bond acceptors (Lipinski definition) is 14. The maximum atomic E-state index is 14.0. The van der Waals surface area contributed by atoms with Crippen LogP contribution >= 0.6 is 0 Å². The predicted molar refractivity (Wildman–Crippen MR) is 183 cm³/mol. The number of hydrogen-bond donors (Lipinski definition) is 3. The zero-order valence-corrected chi connectivity index (χ0v) is 30.8. The molecule has 5 heterocycles. The Balaban J connectivity index is 1.23. The molecule has 9 rings (SSSR count). The van der Waals surface area contributed by atoms with Crippen molar-refractivity contribution in [3.05, 3.63) is 66.5 Å². The first-order valence-corrected chi connectivity index (χ1v) is 18.4. The summed E-state index contributed by atoms with van der Waals surface area (Å²) in [4.78, 5) is 41.0. The Hall–Kier alpha value is -3.63. The van der Waals surface area contributed by atoms with E-state index in [2.05, 4.69) is 6.58 Å². The van der Waals surface area contributed by atoms with Crippen molar-refractivity contribution in [2.75, 3.05) is 20.3 Å². The average Bonchev–Trinajstić information content (AvgIpc) is 3.47. The summed E-state index contributed by atoms with van der Waals surface area (Å²) >= 11 is 0. The molecule has 4 saturated heterocycles. The Morgan fingerprint density at radius 2 is 1.76 bits per heavy atom. The van der Waals surface area contributed by atoms with Gasteiger partial charge >= 0.3 is 17.9 Å². The molecule has 3 N–H and O–H groups in total. The number of aliphatic hydroxyl groups is 3. The maximum absolute atomic E-state index is 14.0. The number of ether oxygens (including phenoxy) is 8. The van der Waals surface area contributed by atoms with Crippen LogP contribution in [0.4, 0.5) is 0 Å². The van der Waals surface area contributed by atoms with Gasteiger partial charge in [-0.25, -0.2) is 14.4 Å². The highest BCUT2D eigenvalue weighted by molar-refractivity contribution is 5.88. The lowest BCUT2D eigenvalue weighted by atomic mass is 9.37. The summed E-state index contributed by atoms with van der Waals surface area (Å²) in [5, 5.41) is 37.6. The van der Waals surface area contributed by atoms with Crippen LogP contribution in [0.1, 0.15) is 46.1 Å². The third kappa shape index (κ3) is 4.07. The number of carbonyl (C=O) groups excluding carboxylic acids is 3. The zero-order chi connectivity index (χ0) is 38.4. The molecule has 0 radical (unpaired) electrons. The van der Waals surface area contributed by atoms with Gasteiger partial charge in [0.2, 0.25) is 6.29 Å². The fourth-order valence-corrected chi connectivity index (χ4v) is 12.6. The zero-order valence-electron chi connectivity index (χ0n) is 30.8. The van der Waals surface area contributed by atoms with Crippen LogP contribution in [0.25, 0.3) is 6.08 Å². The summed E-state index contributed by atoms with van der Waals surface area (Å²) < 4.78 is 49.5. The molecule has 7 fully saturated rings. The minimum Gasteiger partial charge on any atom is -0.469 e. The lowest BCUT2D eigenvalue weighted by molar-refractivity contribution is -0.314. The van der Waals surface area contributed by atoms with Crippen molar-refractivity contribution in [3.8, 4) is 0 Å². The molecule has 0 aromatic heterocycles. The minimum atomic E-state index is -2.70. The van der Waals surface area contributed by atoms with Crippen LogP contribution in [0.2, 0.25) is 0 Å². The summed E-state index contributed by atoms with van der Waals surface area (Å²) in [6.07, 6.45) is -0.343. The molecule has 2 unspecified atom stereocenters. The molecule has 3 aliphatic carbocycles. The molecule has 290 valence electrons. The molecule has 54 heavy (non-hydrogen) atoms. The van der Waals surface area contributed by atoms with Crippen molar-refractivity contribution in [2.24, 2.45) is 34.0 Å². The Labute approximate surface area is 311 Å². The normalized spacial score (nSPS) is 51.4. The highest BCUT2D eigenvalue weighted by Crippen LogP contribution is 2.83. The van der Waals surface area contributed by atoms with E-state index in [1.54, 1.807) is 19.1 Å². The SMILES string of the molecule is C=C(C)C(=O)O[C@@H]1C[C@H](OC(=O)/C=C/c2ccccc2)C23CO[C@](O)(C(=O)OC)[C@H]2[C@](C)([C@]24O[C@@]2(C)[C@H]2CC4O[C@@H]4OC=C[C@]42O)[C@H](O)[C@@H]2OC[C@@]1(C)[C@H]23. The van der Waals surface area contributed by atoms with Gasteiger partial charge in [0, 0.05) is 52.1 Å². The number of benzene rings is 1. The van der Waals surface area contributed by atoms with Crippen molar-refractivity contribution in [1.82, 2.24) is 0 Å². The van der Waals surface area contributed by atoms with Crippen molar-refractivity contribution in [3.63, 3.8) is 0 Å². The summed E-state index contributed by atoms with van der Waals surface area (Å²) in [5.41, 5.74) is -7.44. The Kier molecular flexibility index (Phi) is 7.50. The summed E-state index contributed by atoms with van der Waals surface area (Å²) in [5.74, 6) is -7.98. The molecular formula is C40H46O14. The summed E-state index contributed by atoms with van der Waals surface area (Å²) in [6.45, 7) is 10.4. The lowest BCUT2D eigenvalue weighted by Crippen LogP contribution is -2.78. The first kappa shape index (κ1) is 36.0. The molecule has 14 heteroatoms. The highest BCUT2D eigenvalue weighted by Gasteiger charge is 2.96. The van der Waals surface area contributed by atoms with Crippen molar-refractivity contribution in [1.29, 1.82) is 0 Å². The number of methoxy groups -OCH3 is 1. The van der Waals surface area contributed by atoms with Crippen LogP contribution in [0.15, 0.2) is 60.9 Å². The lowest BCUT2D eigenvalue weighted by Gasteiger charge is -2.66. The number of fused-ring (bicyclic) bond motifs is 7. The van der Waals surface area contributed by atoms with Crippen molar-refractivity contribution < 1.29 is 67.6 Å². The topological polar surface area (TPSA) is 189 Å². The van der Waals surface area contributed by atoms with Crippen LogP contribution < -0.4 is 0 Å². The molecule has 1 spiro atoms. The van der Waals surface area contributed by atoms with E-state index in [9.17, 15) is 29.7 Å². The first-order valence-electron chi connectivity index (χ1n) is 18.4. The number of rotatable bonds is 7. The van der Waals surface area contributed by atoms with Crippen LogP contribution in [0, 0.1) is 34.0 Å². The molecule has 2 bridgehead atoms. The monoisotopic (exact) mass is 750 g/mol. The largest absolute Gasteiger partial charge is 0.469 e. The molecule has 14 nitrogen and oxygen atoms in total. The van der Waals surface area contributed by atoms with E-state index in [0.29, 0.717) is 6.42 Å². The van der Waals surface area contributed by atoms with Gasteiger partial charge in [0.1, 0.15) is 23.4 Å². The molecule has 8 aliphatic rings. The van der Waals surface area contributed by atoms with Gasteiger partial charge in [0.05, 0.1) is 44.9 Å². The quantitative estimate of drug-likeness (QED) is 0.159. The van der Waals surface area contributed by atoms with Crippen molar-refractivity contribution >= 4 is 24.0 Å². The second-order valence-electron chi connectivity index (χ2n) is 17.1. The molecule has 1 aromatic carbocycles. The third-order valence-corrected chi connectivity index (χ3v) is 14.7. The van der Waals surface area contributed by atoms with Gasteiger partial charge in [0.15, 0.2) is 5.60 Å². The second-order valence-corrected chi connectivity index (χ2v) is 17.1. The van der Waals surface area contributed by atoms with E-state index in [1.165, 1.54) is 19.3 Å². The van der Waals surface area contributed by atoms with Gasteiger partial charge in [-0.2, -0.15) is 0 Å². The van der Waals surface area contributed by atoms with Crippen LogP contribution in [0.3, 0.4) is 0 Å². The van der Waals surface area contributed by atoms with E-state index < -0.39 is 111 Å². The maximum Gasteiger partial charge on any atom is 0.366 e. The smallest absolute Gasteiger partial charge is 0.366 e. The van der Waals surface area contributed by atoms with E-state index in [0.717, 1.165) is 12.7 Å². The molecular weight excluding hydrogens is 704 g/mol. The predicted octanol–water partition coefficient (Wildman–Crippen LogP) is 1.95.